The molecule has 128 valence electrons. The highest BCUT2D eigenvalue weighted by Gasteiger charge is 2.18. The van der Waals surface area contributed by atoms with Crippen LogP contribution in [0.3, 0.4) is 0 Å². The van der Waals surface area contributed by atoms with Gasteiger partial charge in [-0.1, -0.05) is 19.1 Å². The number of aromatic nitrogens is 2. The molecule has 1 aliphatic carbocycles. The van der Waals surface area contributed by atoms with Crippen LogP contribution in [0, 0.1) is 5.92 Å². The number of nitrogens with zero attached hydrogens (tertiary/aromatic N) is 2. The average molecular weight is 325 g/mol. The second-order valence-electron chi connectivity index (χ2n) is 7.09. The predicted molar refractivity (Wildman–Crippen MR) is 98.3 cm³/mol. The van der Waals surface area contributed by atoms with Gasteiger partial charge in [-0.3, -0.25) is 0 Å². The first kappa shape index (κ1) is 16.7. The summed E-state index contributed by atoms with van der Waals surface area (Å²) in [5.74, 6) is 2.48. The fourth-order valence-corrected chi connectivity index (χ4v) is 3.14. The average Bonchev–Trinajstić information content (AvgIpc) is 2.58. The molecule has 0 unspecified atom stereocenters. The highest BCUT2D eigenvalue weighted by Crippen LogP contribution is 2.26. The summed E-state index contributed by atoms with van der Waals surface area (Å²) in [5, 5.41) is 3.47. The van der Waals surface area contributed by atoms with Crippen LogP contribution in [0.2, 0.25) is 0 Å². The van der Waals surface area contributed by atoms with E-state index in [1.807, 2.05) is 50.5 Å². The normalized spacial score (nSPS) is 20.8. The molecule has 1 aromatic carbocycles. The number of benzene rings is 1. The minimum atomic E-state index is 0.187. The maximum absolute atomic E-state index is 5.67. The number of nitrogens with one attached hydrogen (secondary N) is 1. The minimum Gasteiger partial charge on any atom is -0.491 e. The molecule has 1 aromatic heterocycles. The molecule has 1 N–H and O–H groups in total. The van der Waals surface area contributed by atoms with Crippen LogP contribution >= 0.6 is 0 Å². The van der Waals surface area contributed by atoms with Crippen LogP contribution < -0.4 is 10.1 Å². The molecule has 3 rings (SSSR count). The summed E-state index contributed by atoms with van der Waals surface area (Å²) in [6, 6.07) is 8.59. The molecule has 0 aliphatic heterocycles. The first-order chi connectivity index (χ1) is 11.6. The molecule has 1 aliphatic rings. The molecular formula is C20H27N3O. The third-order valence-electron chi connectivity index (χ3n) is 4.56. The quantitative estimate of drug-likeness (QED) is 0.847. The molecule has 0 radical (unpaired) electrons. The van der Waals surface area contributed by atoms with Crippen molar-refractivity contribution in [3.8, 4) is 16.9 Å². The molecule has 1 saturated carbocycles. The van der Waals surface area contributed by atoms with Gasteiger partial charge < -0.3 is 10.1 Å². The molecule has 1 heterocycles. The zero-order valence-electron chi connectivity index (χ0n) is 14.8. The Labute approximate surface area is 144 Å². The van der Waals surface area contributed by atoms with Gasteiger partial charge >= 0.3 is 0 Å². The van der Waals surface area contributed by atoms with Gasteiger partial charge in [-0.25, -0.2) is 9.97 Å². The minimum absolute atomic E-state index is 0.187. The van der Waals surface area contributed by atoms with Crippen molar-refractivity contribution < 1.29 is 4.74 Å². The van der Waals surface area contributed by atoms with Crippen LogP contribution in [0.25, 0.3) is 11.1 Å². The van der Waals surface area contributed by atoms with E-state index in [1.165, 1.54) is 25.7 Å². The van der Waals surface area contributed by atoms with Gasteiger partial charge in [-0.2, -0.15) is 0 Å². The zero-order valence-corrected chi connectivity index (χ0v) is 14.8. The fourth-order valence-electron chi connectivity index (χ4n) is 3.14. The van der Waals surface area contributed by atoms with Crippen molar-refractivity contribution in [2.75, 3.05) is 5.32 Å². The van der Waals surface area contributed by atoms with Crippen LogP contribution in [0.15, 0.2) is 36.7 Å². The Morgan fingerprint density at radius 3 is 2.17 bits per heavy atom. The van der Waals surface area contributed by atoms with Crippen molar-refractivity contribution in [3.05, 3.63) is 36.7 Å². The van der Waals surface area contributed by atoms with E-state index in [4.69, 9.17) is 4.74 Å². The van der Waals surface area contributed by atoms with Gasteiger partial charge in [0.2, 0.25) is 5.95 Å². The molecule has 0 atom stereocenters. The van der Waals surface area contributed by atoms with Gasteiger partial charge in [0, 0.05) is 24.0 Å². The van der Waals surface area contributed by atoms with Crippen molar-refractivity contribution in [1.29, 1.82) is 0 Å². The molecule has 0 amide bonds. The van der Waals surface area contributed by atoms with Gasteiger partial charge in [-0.05, 0) is 63.1 Å². The molecule has 4 heteroatoms. The number of hydrogen-bond donors (Lipinski definition) is 1. The van der Waals surface area contributed by atoms with E-state index in [2.05, 4.69) is 22.2 Å². The Bertz CT molecular complexity index is 629. The van der Waals surface area contributed by atoms with Crippen LogP contribution in [0.4, 0.5) is 5.95 Å². The first-order valence-corrected chi connectivity index (χ1v) is 8.96. The lowest BCUT2D eigenvalue weighted by atomic mass is 9.87. The lowest BCUT2D eigenvalue weighted by Gasteiger charge is -2.26. The third kappa shape index (κ3) is 4.47. The molecule has 0 spiro atoms. The Hall–Kier alpha value is -2.10. The van der Waals surface area contributed by atoms with Gasteiger partial charge in [0.15, 0.2) is 0 Å². The second kappa shape index (κ2) is 7.65. The molecule has 24 heavy (non-hydrogen) atoms. The summed E-state index contributed by atoms with van der Waals surface area (Å²) in [4.78, 5) is 8.97. The first-order valence-electron chi connectivity index (χ1n) is 8.96. The molecule has 2 aromatic rings. The topological polar surface area (TPSA) is 47.0 Å². The summed E-state index contributed by atoms with van der Waals surface area (Å²) in [7, 11) is 0. The lowest BCUT2D eigenvalue weighted by Crippen LogP contribution is -2.26. The third-order valence-corrected chi connectivity index (χ3v) is 4.56. The molecular weight excluding hydrogens is 298 g/mol. The summed E-state index contributed by atoms with van der Waals surface area (Å²) in [5.41, 5.74) is 2.12. The Kier molecular flexibility index (Phi) is 5.34. The summed E-state index contributed by atoms with van der Waals surface area (Å²) < 4.78 is 5.67. The van der Waals surface area contributed by atoms with Crippen molar-refractivity contribution in [1.82, 2.24) is 9.97 Å². The second-order valence-corrected chi connectivity index (χ2v) is 7.09. The fraction of sp³-hybridized carbons (Fsp3) is 0.500. The molecule has 0 saturated heterocycles. The summed E-state index contributed by atoms with van der Waals surface area (Å²) >= 11 is 0. The smallest absolute Gasteiger partial charge is 0.222 e. The van der Waals surface area contributed by atoms with Gasteiger partial charge in [-0.15, -0.1) is 0 Å². The zero-order chi connectivity index (χ0) is 16.9. The molecule has 4 nitrogen and oxygen atoms in total. The van der Waals surface area contributed by atoms with Crippen molar-refractivity contribution >= 4 is 5.95 Å². The number of hydrogen-bond acceptors (Lipinski definition) is 4. The number of rotatable bonds is 5. The Morgan fingerprint density at radius 2 is 1.58 bits per heavy atom. The van der Waals surface area contributed by atoms with Crippen molar-refractivity contribution in [2.24, 2.45) is 5.92 Å². The predicted octanol–water partition coefficient (Wildman–Crippen LogP) is 4.92. The van der Waals surface area contributed by atoms with Crippen LogP contribution in [-0.2, 0) is 0 Å². The van der Waals surface area contributed by atoms with Crippen LogP contribution in [0.5, 0.6) is 5.75 Å². The highest BCUT2D eigenvalue weighted by atomic mass is 16.5. The van der Waals surface area contributed by atoms with E-state index < -0.39 is 0 Å². The van der Waals surface area contributed by atoms with E-state index in [9.17, 15) is 0 Å². The van der Waals surface area contributed by atoms with Gasteiger partial charge in [0.05, 0.1) is 6.10 Å². The van der Waals surface area contributed by atoms with E-state index in [0.29, 0.717) is 6.04 Å². The summed E-state index contributed by atoms with van der Waals surface area (Å²) in [6.45, 7) is 6.39. The maximum Gasteiger partial charge on any atom is 0.222 e. The van der Waals surface area contributed by atoms with Crippen LogP contribution in [-0.4, -0.2) is 22.1 Å². The largest absolute Gasteiger partial charge is 0.491 e. The Balaban J connectivity index is 1.61. The molecule has 0 bridgehead atoms. The van der Waals surface area contributed by atoms with Gasteiger partial charge in [0.1, 0.15) is 5.75 Å². The maximum atomic E-state index is 5.67. The standard InChI is InChI=1S/C20H27N3O/c1-14(2)24-19-10-6-16(7-11-19)17-12-21-20(22-13-17)23-18-8-4-15(3)5-9-18/h6-7,10-15,18H,4-5,8-9H2,1-3H3,(H,21,22,23). The monoisotopic (exact) mass is 325 g/mol. The van der Waals surface area contributed by atoms with E-state index in [0.717, 1.165) is 28.7 Å². The van der Waals surface area contributed by atoms with E-state index in [1.54, 1.807) is 0 Å². The Morgan fingerprint density at radius 1 is 0.958 bits per heavy atom. The van der Waals surface area contributed by atoms with Crippen molar-refractivity contribution in [3.63, 3.8) is 0 Å². The van der Waals surface area contributed by atoms with E-state index in [-0.39, 0.29) is 6.10 Å². The molecule has 1 fully saturated rings. The summed E-state index contributed by atoms with van der Waals surface area (Å²) in [6.07, 6.45) is 8.97. The van der Waals surface area contributed by atoms with Gasteiger partial charge in [0.25, 0.3) is 0 Å². The van der Waals surface area contributed by atoms with Crippen LogP contribution in [0.1, 0.15) is 46.5 Å². The van der Waals surface area contributed by atoms with E-state index >= 15 is 0 Å². The number of ether oxygens (including phenoxy) is 1. The SMILES string of the molecule is CC1CCC(Nc2ncc(-c3ccc(OC(C)C)cc3)cn2)CC1. The highest BCUT2D eigenvalue weighted by molar-refractivity contribution is 5.62. The lowest BCUT2D eigenvalue weighted by molar-refractivity contribution is 0.242. The number of anilines is 1. The van der Waals surface area contributed by atoms with Crippen molar-refractivity contribution in [2.45, 2.75) is 58.6 Å².